The van der Waals surface area contributed by atoms with Gasteiger partial charge in [-0.3, -0.25) is 19.6 Å². The van der Waals surface area contributed by atoms with Gasteiger partial charge in [-0.1, -0.05) is 0 Å². The molecule has 136 valence electrons. The first-order chi connectivity index (χ1) is 11.5. The predicted molar refractivity (Wildman–Crippen MR) is 96.9 cm³/mol. The molecule has 1 unspecified atom stereocenters. The van der Waals surface area contributed by atoms with Crippen molar-refractivity contribution in [1.82, 2.24) is 20.4 Å². The van der Waals surface area contributed by atoms with Gasteiger partial charge < -0.3 is 16.0 Å². The molecule has 1 heterocycles. The Balaban J connectivity index is 0.00000312. The summed E-state index contributed by atoms with van der Waals surface area (Å²) in [7, 11) is 3.51. The van der Waals surface area contributed by atoms with Gasteiger partial charge in [0.2, 0.25) is 5.91 Å². The number of nitro groups is 1. The second kappa shape index (κ2) is 9.60. The molecule has 0 aliphatic rings. The van der Waals surface area contributed by atoms with Crippen molar-refractivity contribution in [2.45, 2.75) is 6.04 Å². The lowest BCUT2D eigenvalue weighted by Crippen LogP contribution is -2.38. The summed E-state index contributed by atoms with van der Waals surface area (Å²) in [4.78, 5) is 22.3. The number of carbonyl (C=O) groups excluding carboxylic acids is 1. The predicted octanol–water partition coefficient (Wildman–Crippen LogP) is 1.24. The third kappa shape index (κ3) is 5.73. The van der Waals surface area contributed by atoms with Gasteiger partial charge in [0, 0.05) is 49.7 Å². The number of anilines is 1. The second-order valence-electron chi connectivity index (χ2n) is 5.19. The number of benzene rings is 1. The fourth-order valence-electron chi connectivity index (χ4n) is 2.23. The monoisotopic (exact) mass is 368 g/mol. The van der Waals surface area contributed by atoms with Crippen LogP contribution in [0.25, 0.3) is 0 Å². The van der Waals surface area contributed by atoms with Crippen molar-refractivity contribution in [2.24, 2.45) is 7.05 Å². The maximum atomic E-state index is 12.2. The Labute approximate surface area is 151 Å². The number of aryl methyl sites for hydroxylation is 1. The van der Waals surface area contributed by atoms with Crippen LogP contribution in [0.1, 0.15) is 11.6 Å². The van der Waals surface area contributed by atoms with Gasteiger partial charge in [0.05, 0.1) is 11.1 Å². The third-order valence-corrected chi connectivity index (χ3v) is 3.44. The summed E-state index contributed by atoms with van der Waals surface area (Å²) in [5, 5.41) is 23.5. The molecule has 0 aliphatic heterocycles. The van der Waals surface area contributed by atoms with Gasteiger partial charge in [0.1, 0.15) is 6.04 Å². The van der Waals surface area contributed by atoms with E-state index < -0.39 is 11.0 Å². The van der Waals surface area contributed by atoms with Crippen LogP contribution in [0.3, 0.4) is 0 Å². The third-order valence-electron chi connectivity index (χ3n) is 3.44. The molecule has 0 radical (unpaired) electrons. The van der Waals surface area contributed by atoms with Crippen molar-refractivity contribution in [3.05, 3.63) is 52.3 Å². The number of hydrogen-bond donors (Lipinski definition) is 3. The van der Waals surface area contributed by atoms with E-state index in [1.165, 1.54) is 12.1 Å². The van der Waals surface area contributed by atoms with Crippen molar-refractivity contribution in [3.63, 3.8) is 0 Å². The maximum Gasteiger partial charge on any atom is 0.269 e. The molecule has 0 spiro atoms. The summed E-state index contributed by atoms with van der Waals surface area (Å²) >= 11 is 0. The Morgan fingerprint density at radius 3 is 2.52 bits per heavy atom. The number of hydrogen-bond acceptors (Lipinski definition) is 6. The summed E-state index contributed by atoms with van der Waals surface area (Å²) in [5.74, 6) is -0.143. The van der Waals surface area contributed by atoms with Crippen molar-refractivity contribution in [1.29, 1.82) is 0 Å². The van der Waals surface area contributed by atoms with Gasteiger partial charge in [-0.05, 0) is 19.2 Å². The molecule has 10 heteroatoms. The lowest BCUT2D eigenvalue weighted by Gasteiger charge is -2.15. The lowest BCUT2D eigenvalue weighted by molar-refractivity contribution is -0.384. The van der Waals surface area contributed by atoms with E-state index >= 15 is 0 Å². The summed E-state index contributed by atoms with van der Waals surface area (Å²) in [6.07, 6.45) is 3.44. The average Bonchev–Trinajstić information content (AvgIpc) is 2.99. The first-order valence-corrected chi connectivity index (χ1v) is 7.43. The van der Waals surface area contributed by atoms with E-state index in [2.05, 4.69) is 21.0 Å². The Kier molecular flexibility index (Phi) is 7.83. The van der Waals surface area contributed by atoms with Crippen LogP contribution in [0.4, 0.5) is 11.4 Å². The number of halogens is 1. The number of carbonyl (C=O) groups is 1. The van der Waals surface area contributed by atoms with Gasteiger partial charge >= 0.3 is 0 Å². The molecule has 1 aromatic carbocycles. The molecule has 2 rings (SSSR count). The molecule has 1 amide bonds. The zero-order valence-corrected chi connectivity index (χ0v) is 14.7. The summed E-state index contributed by atoms with van der Waals surface area (Å²) < 4.78 is 1.64. The minimum absolute atomic E-state index is 0. The molecular weight excluding hydrogens is 348 g/mol. The summed E-state index contributed by atoms with van der Waals surface area (Å²) in [6, 6.07) is 5.66. The highest BCUT2D eigenvalue weighted by Gasteiger charge is 2.19. The summed E-state index contributed by atoms with van der Waals surface area (Å²) in [6.45, 7) is 0.932. The van der Waals surface area contributed by atoms with Crippen LogP contribution in [-0.4, -0.2) is 40.7 Å². The zero-order chi connectivity index (χ0) is 17.5. The number of nitro benzene ring substituents is 1. The minimum atomic E-state index is -0.460. The van der Waals surface area contributed by atoms with Crippen LogP contribution in [0.2, 0.25) is 0 Å². The SMILES string of the molecule is CNC(C(=O)NCCNc1ccc([N+](=O)[O-])cc1)c1cnn(C)c1.Cl. The van der Waals surface area contributed by atoms with Crippen LogP contribution in [0.5, 0.6) is 0 Å². The van der Waals surface area contributed by atoms with Crippen molar-refractivity contribution in [2.75, 3.05) is 25.5 Å². The standard InChI is InChI=1S/C15H20N6O3.ClH/c1-16-14(11-9-19-20(2)10-11)15(22)18-8-7-17-12-3-5-13(6-4-12)21(23)24;/h3-6,9-10,14,16-17H,7-8H2,1-2H3,(H,18,22);1H. The fraction of sp³-hybridized carbons (Fsp3) is 0.333. The van der Waals surface area contributed by atoms with Crippen LogP contribution in [0, 0.1) is 10.1 Å². The second-order valence-corrected chi connectivity index (χ2v) is 5.19. The number of rotatable bonds is 8. The van der Waals surface area contributed by atoms with Gasteiger partial charge in [-0.15, -0.1) is 12.4 Å². The number of likely N-dealkylation sites (N-methyl/N-ethyl adjacent to an activating group) is 1. The Bertz CT molecular complexity index is 704. The molecule has 25 heavy (non-hydrogen) atoms. The van der Waals surface area contributed by atoms with Crippen LogP contribution in [-0.2, 0) is 11.8 Å². The fourth-order valence-corrected chi connectivity index (χ4v) is 2.23. The van der Waals surface area contributed by atoms with Crippen LogP contribution < -0.4 is 16.0 Å². The van der Waals surface area contributed by atoms with Gasteiger partial charge in [-0.2, -0.15) is 5.10 Å². The molecule has 2 aromatic rings. The molecule has 1 atom stereocenters. The highest BCUT2D eigenvalue weighted by atomic mass is 35.5. The van der Waals surface area contributed by atoms with Gasteiger partial charge in [-0.25, -0.2) is 0 Å². The van der Waals surface area contributed by atoms with E-state index in [-0.39, 0.29) is 24.0 Å². The molecule has 0 fully saturated rings. The number of amides is 1. The lowest BCUT2D eigenvalue weighted by atomic mass is 10.1. The van der Waals surface area contributed by atoms with E-state index in [4.69, 9.17) is 0 Å². The van der Waals surface area contributed by atoms with Gasteiger partial charge in [0.15, 0.2) is 0 Å². The Hall–Kier alpha value is -2.65. The van der Waals surface area contributed by atoms with Crippen molar-refractivity contribution >= 4 is 29.7 Å². The maximum absolute atomic E-state index is 12.2. The first kappa shape index (κ1) is 20.4. The van der Waals surface area contributed by atoms with Crippen LogP contribution >= 0.6 is 12.4 Å². The van der Waals surface area contributed by atoms with E-state index in [9.17, 15) is 14.9 Å². The molecule has 1 aromatic heterocycles. The molecule has 0 saturated heterocycles. The summed E-state index contributed by atoms with van der Waals surface area (Å²) in [5.41, 5.74) is 1.59. The van der Waals surface area contributed by atoms with Crippen LogP contribution in [0.15, 0.2) is 36.7 Å². The van der Waals surface area contributed by atoms with E-state index in [0.717, 1.165) is 11.3 Å². The molecular formula is C15H21ClN6O3. The quantitative estimate of drug-likeness (QED) is 0.367. The first-order valence-electron chi connectivity index (χ1n) is 7.43. The molecule has 0 bridgehead atoms. The largest absolute Gasteiger partial charge is 0.383 e. The Morgan fingerprint density at radius 1 is 1.32 bits per heavy atom. The number of nitrogens with zero attached hydrogens (tertiary/aromatic N) is 3. The Morgan fingerprint density at radius 2 is 2.00 bits per heavy atom. The smallest absolute Gasteiger partial charge is 0.269 e. The van der Waals surface area contributed by atoms with E-state index in [0.29, 0.717) is 13.1 Å². The van der Waals surface area contributed by atoms with Crippen molar-refractivity contribution in [3.8, 4) is 0 Å². The molecule has 3 N–H and O–H groups in total. The van der Waals surface area contributed by atoms with Gasteiger partial charge in [0.25, 0.3) is 5.69 Å². The highest BCUT2D eigenvalue weighted by molar-refractivity contribution is 5.85. The normalized spacial score (nSPS) is 11.3. The zero-order valence-electron chi connectivity index (χ0n) is 13.9. The number of nitrogens with one attached hydrogen (secondary N) is 3. The average molecular weight is 369 g/mol. The van der Waals surface area contributed by atoms with E-state index in [1.807, 2.05) is 0 Å². The molecule has 0 saturated carbocycles. The number of non-ortho nitro benzene ring substituents is 1. The highest BCUT2D eigenvalue weighted by Crippen LogP contribution is 2.15. The topological polar surface area (TPSA) is 114 Å². The molecule has 0 aliphatic carbocycles. The number of aromatic nitrogens is 2. The van der Waals surface area contributed by atoms with E-state index in [1.54, 1.807) is 43.3 Å². The van der Waals surface area contributed by atoms with Crippen molar-refractivity contribution < 1.29 is 9.72 Å². The minimum Gasteiger partial charge on any atom is -0.383 e. The molecule has 9 nitrogen and oxygen atoms in total.